The molecule has 0 aromatic heterocycles. The summed E-state index contributed by atoms with van der Waals surface area (Å²) in [7, 11) is 0. The Labute approximate surface area is 120 Å². The van der Waals surface area contributed by atoms with Crippen molar-refractivity contribution in [1.82, 2.24) is 0 Å². The lowest BCUT2D eigenvalue weighted by Crippen LogP contribution is -2.02. The van der Waals surface area contributed by atoms with E-state index in [1.54, 1.807) is 12.1 Å². The standard InChI is InChI=1S/C15H13NO5/c1-2-10-5-3-4-6-14(10)21-11-7-8-12(15(17)18)13(9-11)16(19)20/h3-9H,2H2,1H3,(H,17,18). The van der Waals surface area contributed by atoms with Crippen LogP contribution < -0.4 is 4.74 Å². The first kappa shape index (κ1) is 14.5. The first-order valence-corrected chi connectivity index (χ1v) is 6.30. The number of carboxylic acid groups (broad SMARTS) is 1. The Kier molecular flexibility index (Phi) is 4.18. The molecule has 108 valence electrons. The number of nitrogens with zero attached hydrogens (tertiary/aromatic N) is 1. The SMILES string of the molecule is CCc1ccccc1Oc1ccc(C(=O)O)c([N+](=O)[O-])c1. The molecular formula is C15H13NO5. The number of hydrogen-bond donors (Lipinski definition) is 1. The molecule has 21 heavy (non-hydrogen) atoms. The lowest BCUT2D eigenvalue weighted by molar-refractivity contribution is -0.385. The summed E-state index contributed by atoms with van der Waals surface area (Å²) in [5.74, 6) is -0.521. The van der Waals surface area contributed by atoms with Crippen LogP contribution in [0, 0.1) is 10.1 Å². The highest BCUT2D eigenvalue weighted by molar-refractivity contribution is 5.92. The summed E-state index contributed by atoms with van der Waals surface area (Å²) in [4.78, 5) is 21.2. The van der Waals surface area contributed by atoms with E-state index in [1.807, 2.05) is 19.1 Å². The number of nitro groups is 1. The minimum absolute atomic E-state index is 0.229. The van der Waals surface area contributed by atoms with Gasteiger partial charge in [-0.1, -0.05) is 25.1 Å². The molecule has 0 amide bonds. The summed E-state index contributed by atoms with van der Waals surface area (Å²) in [6.07, 6.45) is 0.755. The molecule has 0 aliphatic rings. The first-order chi connectivity index (χ1) is 10.0. The van der Waals surface area contributed by atoms with Gasteiger partial charge in [-0.25, -0.2) is 4.79 Å². The van der Waals surface area contributed by atoms with Crippen molar-refractivity contribution in [2.45, 2.75) is 13.3 Å². The van der Waals surface area contributed by atoms with Gasteiger partial charge >= 0.3 is 5.97 Å². The van der Waals surface area contributed by atoms with Crippen molar-refractivity contribution in [3.8, 4) is 11.5 Å². The topological polar surface area (TPSA) is 89.7 Å². The third kappa shape index (κ3) is 3.17. The van der Waals surface area contributed by atoms with Crippen molar-refractivity contribution in [3.63, 3.8) is 0 Å². The number of carboxylic acids is 1. The van der Waals surface area contributed by atoms with Gasteiger partial charge in [0, 0.05) is 0 Å². The largest absolute Gasteiger partial charge is 0.477 e. The molecule has 0 bridgehead atoms. The fraction of sp³-hybridized carbons (Fsp3) is 0.133. The summed E-state index contributed by atoms with van der Waals surface area (Å²) >= 11 is 0. The Morgan fingerprint density at radius 1 is 1.29 bits per heavy atom. The highest BCUT2D eigenvalue weighted by Crippen LogP contribution is 2.30. The fourth-order valence-electron chi connectivity index (χ4n) is 1.93. The fourth-order valence-corrected chi connectivity index (χ4v) is 1.93. The average molecular weight is 287 g/mol. The van der Waals surface area contributed by atoms with Gasteiger partial charge in [-0.2, -0.15) is 0 Å². The molecule has 0 saturated carbocycles. The van der Waals surface area contributed by atoms with Gasteiger partial charge < -0.3 is 9.84 Å². The molecule has 0 unspecified atom stereocenters. The molecule has 0 aliphatic carbocycles. The third-order valence-electron chi connectivity index (χ3n) is 2.98. The predicted octanol–water partition coefficient (Wildman–Crippen LogP) is 3.65. The Hall–Kier alpha value is -2.89. The molecule has 0 heterocycles. The van der Waals surface area contributed by atoms with Crippen LogP contribution in [0.5, 0.6) is 11.5 Å². The highest BCUT2D eigenvalue weighted by atomic mass is 16.6. The minimum Gasteiger partial charge on any atom is -0.477 e. The zero-order valence-corrected chi connectivity index (χ0v) is 11.3. The summed E-state index contributed by atoms with van der Waals surface area (Å²) < 4.78 is 5.63. The molecule has 0 atom stereocenters. The zero-order chi connectivity index (χ0) is 15.4. The second-order valence-corrected chi connectivity index (χ2v) is 4.30. The number of nitro benzene ring substituents is 1. The average Bonchev–Trinajstić information content (AvgIpc) is 2.47. The van der Waals surface area contributed by atoms with Crippen molar-refractivity contribution in [3.05, 3.63) is 63.7 Å². The van der Waals surface area contributed by atoms with E-state index in [1.165, 1.54) is 12.1 Å². The molecule has 0 spiro atoms. The number of benzene rings is 2. The second kappa shape index (κ2) is 6.04. The van der Waals surface area contributed by atoms with Crippen molar-refractivity contribution in [1.29, 1.82) is 0 Å². The van der Waals surface area contributed by atoms with Gasteiger partial charge in [-0.05, 0) is 30.2 Å². The summed E-state index contributed by atoms with van der Waals surface area (Å²) in [6, 6.07) is 11.0. The monoisotopic (exact) mass is 287 g/mol. The maximum Gasteiger partial charge on any atom is 0.342 e. The Morgan fingerprint density at radius 3 is 2.62 bits per heavy atom. The number of aryl methyl sites for hydroxylation is 1. The van der Waals surface area contributed by atoms with Gasteiger partial charge in [0.2, 0.25) is 0 Å². The van der Waals surface area contributed by atoms with Gasteiger partial charge in [0.25, 0.3) is 5.69 Å². The van der Waals surface area contributed by atoms with Crippen LogP contribution in [-0.2, 0) is 6.42 Å². The zero-order valence-electron chi connectivity index (χ0n) is 11.3. The van der Waals surface area contributed by atoms with Crippen LogP contribution in [0.25, 0.3) is 0 Å². The number of rotatable bonds is 5. The summed E-state index contributed by atoms with van der Waals surface area (Å²) in [5.41, 5.74) is 0.104. The quantitative estimate of drug-likeness (QED) is 0.669. The number of carbonyl (C=O) groups is 1. The van der Waals surface area contributed by atoms with Crippen LogP contribution >= 0.6 is 0 Å². The first-order valence-electron chi connectivity index (χ1n) is 6.30. The van der Waals surface area contributed by atoms with E-state index in [9.17, 15) is 14.9 Å². The molecule has 0 aliphatic heterocycles. The van der Waals surface area contributed by atoms with Gasteiger partial charge in [-0.15, -0.1) is 0 Å². The van der Waals surface area contributed by atoms with Gasteiger partial charge in [0.1, 0.15) is 17.1 Å². The van der Waals surface area contributed by atoms with Crippen molar-refractivity contribution >= 4 is 11.7 Å². The van der Waals surface area contributed by atoms with Crippen LogP contribution in [0.4, 0.5) is 5.69 Å². The Balaban J connectivity index is 2.39. The molecular weight excluding hydrogens is 274 g/mol. The minimum atomic E-state index is -1.35. The van der Waals surface area contributed by atoms with Crippen LogP contribution in [0.2, 0.25) is 0 Å². The highest BCUT2D eigenvalue weighted by Gasteiger charge is 2.20. The molecule has 6 nitrogen and oxygen atoms in total. The molecule has 0 radical (unpaired) electrons. The molecule has 0 saturated heterocycles. The second-order valence-electron chi connectivity index (χ2n) is 4.30. The third-order valence-corrected chi connectivity index (χ3v) is 2.98. The van der Waals surface area contributed by atoms with Crippen molar-refractivity contribution in [2.75, 3.05) is 0 Å². The molecule has 2 aromatic carbocycles. The van der Waals surface area contributed by atoms with Crippen LogP contribution in [0.1, 0.15) is 22.8 Å². The molecule has 0 fully saturated rings. The number of ether oxygens (including phenoxy) is 1. The molecule has 2 rings (SSSR count). The van der Waals surface area contributed by atoms with E-state index < -0.39 is 16.6 Å². The van der Waals surface area contributed by atoms with Crippen LogP contribution in [0.3, 0.4) is 0 Å². The lowest BCUT2D eigenvalue weighted by atomic mass is 10.1. The van der Waals surface area contributed by atoms with Crippen LogP contribution in [-0.4, -0.2) is 16.0 Å². The number of hydrogen-bond acceptors (Lipinski definition) is 4. The maximum absolute atomic E-state index is 11.0. The maximum atomic E-state index is 11.0. The van der Waals surface area contributed by atoms with E-state index >= 15 is 0 Å². The van der Waals surface area contributed by atoms with Gasteiger partial charge in [-0.3, -0.25) is 10.1 Å². The van der Waals surface area contributed by atoms with Crippen molar-refractivity contribution in [2.24, 2.45) is 0 Å². The lowest BCUT2D eigenvalue weighted by Gasteiger charge is -2.10. The van der Waals surface area contributed by atoms with Gasteiger partial charge in [0.05, 0.1) is 11.0 Å². The van der Waals surface area contributed by atoms with Crippen molar-refractivity contribution < 1.29 is 19.6 Å². The van der Waals surface area contributed by atoms with E-state index in [4.69, 9.17) is 9.84 Å². The molecule has 6 heteroatoms. The van der Waals surface area contributed by atoms with E-state index in [2.05, 4.69) is 0 Å². The summed E-state index contributed by atoms with van der Waals surface area (Å²) in [6.45, 7) is 1.97. The Morgan fingerprint density at radius 2 is 2.00 bits per heavy atom. The smallest absolute Gasteiger partial charge is 0.342 e. The summed E-state index contributed by atoms with van der Waals surface area (Å²) in [5, 5.41) is 19.9. The Bertz CT molecular complexity index is 696. The normalized spacial score (nSPS) is 10.1. The van der Waals surface area contributed by atoms with E-state index in [0.717, 1.165) is 18.1 Å². The van der Waals surface area contributed by atoms with Gasteiger partial charge in [0.15, 0.2) is 0 Å². The van der Waals surface area contributed by atoms with Crippen LogP contribution in [0.15, 0.2) is 42.5 Å². The molecule has 1 N–H and O–H groups in total. The number of aromatic carboxylic acids is 1. The molecule has 2 aromatic rings. The van der Waals surface area contributed by atoms with E-state index in [0.29, 0.717) is 5.75 Å². The van der Waals surface area contributed by atoms with E-state index in [-0.39, 0.29) is 11.3 Å². The predicted molar refractivity (Wildman–Crippen MR) is 75.9 cm³/mol. The number of para-hydroxylation sites is 1.